The van der Waals surface area contributed by atoms with Gasteiger partial charge in [0.05, 0.1) is 231 Å². The molecular formula is C59H109N6O26P. The number of nitrogens with zero attached hydrogens (tertiary/aromatic N) is 4. The van der Waals surface area contributed by atoms with E-state index in [-0.39, 0.29) is 94.0 Å². The van der Waals surface area contributed by atoms with Crippen LogP contribution in [0.4, 0.5) is 5.82 Å². The van der Waals surface area contributed by atoms with Crippen molar-refractivity contribution in [2.45, 2.75) is 85.0 Å². The van der Waals surface area contributed by atoms with Gasteiger partial charge in [0.15, 0.2) is 17.6 Å². The number of likely N-dealkylation sites (tertiary alicyclic amines) is 1. The molecule has 0 aromatic carbocycles. The fourth-order valence-electron chi connectivity index (χ4n) is 8.27. The number of nitrogens with one attached hydrogen (secondary N) is 1. The number of ether oxygens (including phenoxy) is 19. The van der Waals surface area contributed by atoms with Gasteiger partial charge in [-0.15, -0.1) is 0 Å². The van der Waals surface area contributed by atoms with Crippen LogP contribution in [0.3, 0.4) is 0 Å². The quantitative estimate of drug-likeness (QED) is 0.0487. The van der Waals surface area contributed by atoms with Crippen LogP contribution in [0.2, 0.25) is 0 Å². The van der Waals surface area contributed by atoms with Crippen molar-refractivity contribution in [3.63, 3.8) is 0 Å². The Kier molecular flexibility index (Phi) is 50.7. The molecule has 0 bridgehead atoms. The van der Waals surface area contributed by atoms with Crippen LogP contribution < -0.4 is 16.2 Å². The van der Waals surface area contributed by atoms with Crippen molar-refractivity contribution < 1.29 is 118 Å². The van der Waals surface area contributed by atoms with Crippen LogP contribution in [0.5, 0.6) is 6.01 Å². The summed E-state index contributed by atoms with van der Waals surface area (Å²) in [4.78, 5) is 59.6. The van der Waals surface area contributed by atoms with Crippen molar-refractivity contribution >= 4 is 36.7 Å². The minimum atomic E-state index is -4.25. The fraction of sp³-hybridized carbons (Fsp3) is 0.881. The van der Waals surface area contributed by atoms with E-state index in [9.17, 15) is 23.8 Å². The molecule has 92 heavy (non-hydrogen) atoms. The molecule has 1 aliphatic heterocycles. The summed E-state index contributed by atoms with van der Waals surface area (Å²) in [5, 5.41) is 0. The number of nitrogen functional groups attached to an aromatic ring is 1. The summed E-state index contributed by atoms with van der Waals surface area (Å²) in [5.41, 5.74) is 6.66. The number of nitrogens with two attached hydrogens (primary N) is 1. The van der Waals surface area contributed by atoms with Crippen LogP contribution in [-0.2, 0) is 115 Å². The monoisotopic (exact) mass is 1350 g/mol. The average Bonchev–Trinajstić information content (AvgIpc) is 1.64. The van der Waals surface area contributed by atoms with Gasteiger partial charge in [0.2, 0.25) is 0 Å². The molecule has 536 valence electrons. The summed E-state index contributed by atoms with van der Waals surface area (Å²) in [5.74, 6) is -0.371. The topological polar surface area (TPSA) is 358 Å². The number of fused-ring (bicyclic) bond motifs is 1. The molecule has 2 aromatic heterocycles. The molecule has 33 heteroatoms. The van der Waals surface area contributed by atoms with Gasteiger partial charge in [-0.05, 0) is 45.2 Å². The number of rotatable bonds is 66. The highest BCUT2D eigenvalue weighted by atomic mass is 31.2. The third-order valence-corrected chi connectivity index (χ3v) is 14.1. The van der Waals surface area contributed by atoms with E-state index >= 15 is 0 Å². The minimum absolute atomic E-state index is 0.0237. The number of aromatic amines is 1. The lowest BCUT2D eigenvalue weighted by Crippen LogP contribution is -2.37. The van der Waals surface area contributed by atoms with E-state index in [1.165, 1.54) is 0 Å². The fourth-order valence-corrected chi connectivity index (χ4v) is 8.96. The molecule has 3 heterocycles. The lowest BCUT2D eigenvalue weighted by Gasteiger charge is -2.31. The molecule has 0 radical (unpaired) electrons. The van der Waals surface area contributed by atoms with Crippen molar-refractivity contribution in [2.24, 2.45) is 5.92 Å². The first-order chi connectivity index (χ1) is 44.9. The van der Waals surface area contributed by atoms with Gasteiger partial charge in [0.1, 0.15) is 12.1 Å². The molecule has 0 saturated carbocycles. The number of aromatic nitrogens is 4. The Morgan fingerprint density at radius 3 is 1.29 bits per heavy atom. The molecule has 0 amide bonds. The van der Waals surface area contributed by atoms with Crippen molar-refractivity contribution in [1.29, 1.82) is 0 Å². The molecule has 3 atom stereocenters. The smallest absolute Gasteiger partial charge is 0.462 e. The summed E-state index contributed by atoms with van der Waals surface area (Å²) in [6, 6.07) is 0.151. The number of hydrogen-bond acceptors (Lipinski definition) is 29. The molecule has 1 saturated heterocycles. The van der Waals surface area contributed by atoms with Gasteiger partial charge in [0.25, 0.3) is 0 Å². The number of esters is 2. The highest BCUT2D eigenvalue weighted by molar-refractivity contribution is 7.47. The Hall–Kier alpha value is -3.68. The van der Waals surface area contributed by atoms with Gasteiger partial charge in [-0.3, -0.25) is 23.2 Å². The summed E-state index contributed by atoms with van der Waals surface area (Å²) in [6.07, 6.45) is 3.14. The van der Waals surface area contributed by atoms with E-state index in [1.807, 2.05) is 6.92 Å². The first-order valence-corrected chi connectivity index (χ1v) is 33.8. The largest absolute Gasteiger partial charge is 0.472 e. The maximum Gasteiger partial charge on any atom is 0.472 e. The van der Waals surface area contributed by atoms with Gasteiger partial charge >= 0.3 is 31.5 Å². The summed E-state index contributed by atoms with van der Waals surface area (Å²) in [6.45, 7) is 22.6. The van der Waals surface area contributed by atoms with E-state index in [2.05, 4.69) is 26.8 Å². The number of carbonyl (C=O) groups is 2. The zero-order valence-electron chi connectivity index (χ0n) is 55.0. The van der Waals surface area contributed by atoms with Crippen molar-refractivity contribution in [3.8, 4) is 6.01 Å². The normalized spacial score (nSPS) is 14.5. The second kappa shape index (κ2) is 56.5. The molecule has 32 nitrogen and oxygen atoms in total. The number of anilines is 1. The Labute approximate surface area is 541 Å². The third-order valence-electron chi connectivity index (χ3n) is 13.1. The zero-order chi connectivity index (χ0) is 66.2. The molecule has 2 aromatic rings. The second-order valence-corrected chi connectivity index (χ2v) is 22.0. The second-order valence-electron chi connectivity index (χ2n) is 20.5. The minimum Gasteiger partial charge on any atom is -0.462 e. The lowest BCUT2D eigenvalue weighted by molar-refractivity contribution is -0.162. The molecule has 0 spiro atoms. The zero-order valence-corrected chi connectivity index (χ0v) is 55.9. The van der Waals surface area contributed by atoms with E-state index in [1.54, 1.807) is 18.4 Å². The Morgan fingerprint density at radius 1 is 0.543 bits per heavy atom. The molecule has 4 N–H and O–H groups in total. The summed E-state index contributed by atoms with van der Waals surface area (Å²) < 4.78 is 128. The van der Waals surface area contributed by atoms with Crippen LogP contribution in [0.25, 0.3) is 11.2 Å². The number of carbonyl (C=O) groups excluding carboxylic acids is 2. The van der Waals surface area contributed by atoms with Gasteiger partial charge < -0.3 is 111 Å². The number of phosphoric ester groups is 1. The van der Waals surface area contributed by atoms with E-state index in [4.69, 9.17) is 105 Å². The van der Waals surface area contributed by atoms with Crippen LogP contribution in [0, 0.1) is 5.92 Å². The SMILES string of the molecule is CCC[C@H](C)Oc1nc(N)c2[nH]c(=O)n(CC3CCN(CCOP(=O)(O)OCCOCCOCCOCCOCCOCCOCCOCCOCCOCCOCCOCCOCCOCCOCCOCCOC[C@@H](COC(=O)CC)OC(=O)CC)CC3)c2n1. The van der Waals surface area contributed by atoms with Gasteiger partial charge in [-0.1, -0.05) is 27.2 Å². The number of hydrogen-bond donors (Lipinski definition) is 3. The Bertz CT molecular complexity index is 2200. The predicted molar refractivity (Wildman–Crippen MR) is 333 cm³/mol. The standard InChI is InChI=1S/C59H109N6O26P/c1-5-8-50(4)90-58-62-56(60)55-57(63-58)65(59(68)61-55)47-51-9-11-64(12-10-51)13-14-88-92(69,70)89-46-45-85-42-41-83-38-37-81-34-33-79-30-29-77-26-25-75-22-21-73-18-17-71-15-16-72-19-20-74-23-24-76-27-28-78-31-32-80-35-36-82-39-40-84-43-44-86-48-52(91-54(67)7-3)49-87-53(66)6-2/h50-52H,5-49H2,1-4H3,(H,61,68)(H,69,70)(H2,60,62,63)/t50-,52-/m0/s1. The molecular weight excluding hydrogens is 1240 g/mol. The molecule has 0 aliphatic carbocycles. The van der Waals surface area contributed by atoms with Crippen LogP contribution >= 0.6 is 7.82 Å². The highest BCUT2D eigenvalue weighted by Gasteiger charge is 2.26. The first-order valence-electron chi connectivity index (χ1n) is 32.3. The van der Waals surface area contributed by atoms with Crippen molar-refractivity contribution in [1.82, 2.24) is 24.4 Å². The van der Waals surface area contributed by atoms with Crippen molar-refractivity contribution in [2.75, 3.05) is 257 Å². The predicted octanol–water partition coefficient (Wildman–Crippen LogP) is 2.66. The first kappa shape index (κ1) is 82.6. The maximum atomic E-state index is 12.9. The van der Waals surface area contributed by atoms with Crippen LogP contribution in [-0.4, -0.2) is 304 Å². The molecule has 3 rings (SSSR count). The number of H-pyrrole nitrogens is 1. The van der Waals surface area contributed by atoms with Gasteiger partial charge in [-0.2, -0.15) is 9.97 Å². The summed E-state index contributed by atoms with van der Waals surface area (Å²) in [7, 11) is -4.25. The lowest BCUT2D eigenvalue weighted by atomic mass is 9.97. The Balaban J connectivity index is 0.930. The van der Waals surface area contributed by atoms with E-state index in [0.717, 1.165) is 38.8 Å². The average molecular weight is 1350 g/mol. The van der Waals surface area contributed by atoms with Crippen LogP contribution in [0.1, 0.15) is 66.2 Å². The number of phosphoric acid groups is 1. The molecule has 1 aliphatic rings. The number of piperidine rings is 1. The third kappa shape index (κ3) is 44.1. The molecule has 1 unspecified atom stereocenters. The van der Waals surface area contributed by atoms with E-state index < -0.39 is 13.9 Å². The number of imidazole rings is 1. The highest BCUT2D eigenvalue weighted by Crippen LogP contribution is 2.42. The molecule has 1 fully saturated rings. The van der Waals surface area contributed by atoms with Crippen LogP contribution in [0.15, 0.2) is 4.79 Å². The van der Waals surface area contributed by atoms with Crippen molar-refractivity contribution in [3.05, 3.63) is 10.5 Å². The Morgan fingerprint density at radius 2 is 0.913 bits per heavy atom. The maximum absolute atomic E-state index is 12.9. The van der Waals surface area contributed by atoms with E-state index in [0.29, 0.717) is 216 Å². The summed E-state index contributed by atoms with van der Waals surface area (Å²) >= 11 is 0. The van der Waals surface area contributed by atoms with Gasteiger partial charge in [0, 0.05) is 25.9 Å². The van der Waals surface area contributed by atoms with Gasteiger partial charge in [-0.25, -0.2) is 9.36 Å².